The number of piperidine rings is 1. The third-order valence-electron chi connectivity index (χ3n) is 6.86. The van der Waals surface area contributed by atoms with Crippen LogP contribution in [0.1, 0.15) is 55.8 Å². The van der Waals surface area contributed by atoms with Gasteiger partial charge in [0.25, 0.3) is 5.56 Å². The van der Waals surface area contributed by atoms with Crippen molar-refractivity contribution in [3.63, 3.8) is 0 Å². The van der Waals surface area contributed by atoms with Crippen molar-refractivity contribution < 1.29 is 9.21 Å². The number of para-hydroxylation sites is 3. The molecule has 3 heterocycles. The third-order valence-corrected chi connectivity index (χ3v) is 6.86. The average molecular weight is 443 g/mol. The summed E-state index contributed by atoms with van der Waals surface area (Å²) in [6.45, 7) is 1.39. The molecule has 1 saturated carbocycles. The van der Waals surface area contributed by atoms with Crippen LogP contribution in [-0.2, 0) is 11.2 Å². The standard InChI is InChI=1S/C26H26N4O3/c31-24(29-15-13-17(14-16-29)25-28-21-7-3-4-8-22(21)33-25)12-11-23-27-20-6-2-1-5-19(20)26(32)30(23)18-9-10-18/h1-8,17-18H,9-16H2. The summed E-state index contributed by atoms with van der Waals surface area (Å²) < 4.78 is 7.77. The fourth-order valence-electron chi connectivity index (χ4n) is 4.89. The summed E-state index contributed by atoms with van der Waals surface area (Å²) in [5, 5.41) is 0.653. The van der Waals surface area contributed by atoms with Gasteiger partial charge in [0.2, 0.25) is 5.91 Å². The van der Waals surface area contributed by atoms with Crippen LogP contribution in [-0.4, -0.2) is 38.4 Å². The molecule has 168 valence electrons. The lowest BCUT2D eigenvalue weighted by molar-refractivity contribution is -0.132. The predicted molar refractivity (Wildman–Crippen MR) is 125 cm³/mol. The number of fused-ring (bicyclic) bond motifs is 2. The molecule has 7 heteroatoms. The number of hydrogen-bond acceptors (Lipinski definition) is 5. The lowest BCUT2D eigenvalue weighted by atomic mass is 9.96. The van der Waals surface area contributed by atoms with Crippen LogP contribution >= 0.6 is 0 Å². The maximum atomic E-state index is 13.0. The number of carbonyl (C=O) groups excluding carboxylic acids is 1. The van der Waals surface area contributed by atoms with Gasteiger partial charge in [-0.25, -0.2) is 9.97 Å². The first-order valence-corrected chi connectivity index (χ1v) is 11.8. The molecule has 0 unspecified atom stereocenters. The Balaban J connectivity index is 1.13. The Labute approximate surface area is 191 Å². The third kappa shape index (κ3) is 3.81. The first-order valence-electron chi connectivity index (χ1n) is 11.8. The number of rotatable bonds is 5. The SMILES string of the molecule is O=C(CCc1nc2ccccc2c(=O)n1C1CC1)N1CCC(c2nc3ccccc3o2)CC1. The van der Waals surface area contributed by atoms with E-state index in [2.05, 4.69) is 4.98 Å². The summed E-state index contributed by atoms with van der Waals surface area (Å²) in [5.74, 6) is 1.87. The van der Waals surface area contributed by atoms with Crippen molar-refractivity contribution in [3.8, 4) is 0 Å². The summed E-state index contributed by atoms with van der Waals surface area (Å²) in [6, 6.07) is 15.5. The highest BCUT2D eigenvalue weighted by atomic mass is 16.3. The van der Waals surface area contributed by atoms with E-state index in [0.29, 0.717) is 36.8 Å². The molecular weight excluding hydrogens is 416 g/mol. The van der Waals surface area contributed by atoms with Gasteiger partial charge < -0.3 is 9.32 Å². The highest BCUT2D eigenvalue weighted by molar-refractivity contribution is 5.78. The molecule has 0 atom stereocenters. The summed E-state index contributed by atoms with van der Waals surface area (Å²) in [7, 11) is 0. The minimum Gasteiger partial charge on any atom is -0.440 e. The molecule has 6 rings (SSSR count). The van der Waals surface area contributed by atoms with Crippen molar-refractivity contribution in [2.24, 2.45) is 0 Å². The summed E-state index contributed by atoms with van der Waals surface area (Å²) in [6.07, 6.45) is 4.55. The molecule has 1 amide bonds. The fourth-order valence-corrected chi connectivity index (χ4v) is 4.89. The molecule has 2 aromatic carbocycles. The number of nitrogens with zero attached hydrogens (tertiary/aromatic N) is 4. The van der Waals surface area contributed by atoms with Crippen molar-refractivity contribution in [3.05, 3.63) is 70.6 Å². The monoisotopic (exact) mass is 442 g/mol. The van der Waals surface area contributed by atoms with Gasteiger partial charge >= 0.3 is 0 Å². The molecular formula is C26H26N4O3. The van der Waals surface area contributed by atoms with E-state index in [-0.39, 0.29) is 23.4 Å². The van der Waals surface area contributed by atoms with E-state index < -0.39 is 0 Å². The number of oxazole rings is 1. The van der Waals surface area contributed by atoms with Gasteiger partial charge in [0.15, 0.2) is 11.5 Å². The molecule has 1 aliphatic carbocycles. The number of hydrogen-bond donors (Lipinski definition) is 0. The van der Waals surface area contributed by atoms with Gasteiger partial charge in [0.1, 0.15) is 11.3 Å². The molecule has 33 heavy (non-hydrogen) atoms. The zero-order valence-electron chi connectivity index (χ0n) is 18.4. The molecule has 0 spiro atoms. The smallest absolute Gasteiger partial charge is 0.261 e. The van der Waals surface area contributed by atoms with Gasteiger partial charge in [-0.1, -0.05) is 24.3 Å². The molecule has 0 bridgehead atoms. The molecule has 4 aromatic rings. The second-order valence-electron chi connectivity index (χ2n) is 9.13. The lowest BCUT2D eigenvalue weighted by Gasteiger charge is -2.30. The van der Waals surface area contributed by atoms with Crippen molar-refractivity contribution in [2.45, 2.75) is 50.5 Å². The Hall–Kier alpha value is -3.48. The van der Waals surface area contributed by atoms with Gasteiger partial charge in [0, 0.05) is 37.9 Å². The minimum absolute atomic E-state index is 0.0182. The highest BCUT2D eigenvalue weighted by Gasteiger charge is 2.30. The Morgan fingerprint density at radius 2 is 1.67 bits per heavy atom. The van der Waals surface area contributed by atoms with Crippen LogP contribution in [0.5, 0.6) is 0 Å². The lowest BCUT2D eigenvalue weighted by Crippen LogP contribution is -2.38. The average Bonchev–Trinajstić information content (AvgIpc) is 3.59. The van der Waals surface area contributed by atoms with Crippen molar-refractivity contribution in [1.29, 1.82) is 0 Å². The number of likely N-dealkylation sites (tertiary alicyclic amines) is 1. The molecule has 2 aliphatic rings. The maximum absolute atomic E-state index is 13.0. The summed E-state index contributed by atoms with van der Waals surface area (Å²) in [4.78, 5) is 37.3. The molecule has 0 N–H and O–H groups in total. The van der Waals surface area contributed by atoms with Gasteiger partial charge in [0.05, 0.1) is 10.9 Å². The van der Waals surface area contributed by atoms with Crippen LogP contribution in [0.4, 0.5) is 0 Å². The molecule has 1 saturated heterocycles. The van der Waals surface area contributed by atoms with Crippen LogP contribution in [0.25, 0.3) is 22.0 Å². The van der Waals surface area contributed by atoms with Gasteiger partial charge in [-0.05, 0) is 49.9 Å². The fraction of sp³-hybridized carbons (Fsp3) is 0.385. The van der Waals surface area contributed by atoms with E-state index in [4.69, 9.17) is 9.40 Å². The quantitative estimate of drug-likeness (QED) is 0.462. The second-order valence-corrected chi connectivity index (χ2v) is 9.13. The van der Waals surface area contributed by atoms with Crippen molar-refractivity contribution in [2.75, 3.05) is 13.1 Å². The van der Waals surface area contributed by atoms with E-state index >= 15 is 0 Å². The van der Waals surface area contributed by atoms with Gasteiger partial charge in [-0.2, -0.15) is 0 Å². The topological polar surface area (TPSA) is 81.2 Å². The van der Waals surface area contributed by atoms with Crippen LogP contribution in [0.2, 0.25) is 0 Å². The van der Waals surface area contributed by atoms with Crippen LogP contribution < -0.4 is 5.56 Å². The molecule has 2 fully saturated rings. The number of aromatic nitrogens is 3. The van der Waals surface area contributed by atoms with Gasteiger partial charge in [-0.15, -0.1) is 0 Å². The van der Waals surface area contributed by atoms with E-state index in [1.807, 2.05) is 58.0 Å². The molecule has 0 radical (unpaired) electrons. The van der Waals surface area contributed by atoms with Crippen LogP contribution in [0, 0.1) is 0 Å². The number of carbonyl (C=O) groups is 1. The van der Waals surface area contributed by atoms with E-state index in [0.717, 1.165) is 48.5 Å². The molecule has 7 nitrogen and oxygen atoms in total. The van der Waals surface area contributed by atoms with Crippen LogP contribution in [0.3, 0.4) is 0 Å². The highest BCUT2D eigenvalue weighted by Crippen LogP contribution is 2.35. The van der Waals surface area contributed by atoms with Crippen molar-refractivity contribution in [1.82, 2.24) is 19.4 Å². The predicted octanol–water partition coefficient (Wildman–Crippen LogP) is 4.21. The first-order chi connectivity index (χ1) is 16.2. The number of amides is 1. The summed E-state index contributed by atoms with van der Waals surface area (Å²) >= 11 is 0. The van der Waals surface area contributed by atoms with Gasteiger partial charge in [-0.3, -0.25) is 14.2 Å². The normalized spacial score (nSPS) is 17.2. The largest absolute Gasteiger partial charge is 0.440 e. The Morgan fingerprint density at radius 3 is 2.42 bits per heavy atom. The van der Waals surface area contributed by atoms with E-state index in [1.165, 1.54) is 0 Å². The van der Waals surface area contributed by atoms with Crippen LogP contribution in [0.15, 0.2) is 57.7 Å². The zero-order valence-corrected chi connectivity index (χ0v) is 18.4. The Bertz CT molecular complexity index is 1360. The number of benzene rings is 2. The Morgan fingerprint density at radius 1 is 0.939 bits per heavy atom. The molecule has 2 aromatic heterocycles. The molecule has 1 aliphatic heterocycles. The maximum Gasteiger partial charge on any atom is 0.261 e. The van der Waals surface area contributed by atoms with E-state index in [1.54, 1.807) is 0 Å². The first kappa shape index (κ1) is 20.1. The van der Waals surface area contributed by atoms with E-state index in [9.17, 15) is 9.59 Å². The Kier molecular flexibility index (Phi) is 4.97. The second kappa shape index (κ2) is 8.14. The summed E-state index contributed by atoms with van der Waals surface area (Å²) in [5.41, 5.74) is 2.43. The number of aryl methyl sites for hydroxylation is 1. The minimum atomic E-state index is 0.0182. The van der Waals surface area contributed by atoms with Crippen molar-refractivity contribution >= 4 is 27.9 Å². The zero-order chi connectivity index (χ0) is 22.4.